The number of rotatable bonds is 5. The van der Waals surface area contributed by atoms with Gasteiger partial charge in [0.15, 0.2) is 0 Å². The SMILES string of the molecule is O=CN[C@]1(OCc2ccccc2)CO1. The molecule has 1 fully saturated rings. The lowest BCUT2D eigenvalue weighted by molar-refractivity contribution is -0.123. The number of hydrogen-bond donors (Lipinski definition) is 1. The first-order valence-corrected chi connectivity index (χ1v) is 4.38. The zero-order valence-corrected chi connectivity index (χ0v) is 7.60. The van der Waals surface area contributed by atoms with Gasteiger partial charge in [0.05, 0.1) is 6.61 Å². The van der Waals surface area contributed by atoms with E-state index in [0.717, 1.165) is 5.56 Å². The molecule has 0 aromatic heterocycles. The normalized spacial score (nSPS) is 24.3. The number of hydrogen-bond acceptors (Lipinski definition) is 3. The van der Waals surface area contributed by atoms with Crippen LogP contribution in [0.5, 0.6) is 0 Å². The van der Waals surface area contributed by atoms with Crippen molar-refractivity contribution in [3.63, 3.8) is 0 Å². The lowest BCUT2D eigenvalue weighted by Gasteiger charge is -2.11. The highest BCUT2D eigenvalue weighted by atomic mass is 16.8. The second kappa shape index (κ2) is 3.77. The van der Waals surface area contributed by atoms with Crippen molar-refractivity contribution in [2.24, 2.45) is 0 Å². The molecule has 0 aliphatic carbocycles. The third-order valence-electron chi connectivity index (χ3n) is 2.00. The molecule has 1 aliphatic heterocycles. The summed E-state index contributed by atoms with van der Waals surface area (Å²) < 4.78 is 10.4. The lowest BCUT2D eigenvalue weighted by Crippen LogP contribution is -2.34. The van der Waals surface area contributed by atoms with Gasteiger partial charge in [-0.3, -0.25) is 4.79 Å². The Kier molecular flexibility index (Phi) is 2.47. The number of benzene rings is 1. The van der Waals surface area contributed by atoms with Gasteiger partial charge in [-0.05, 0) is 5.56 Å². The fourth-order valence-corrected chi connectivity index (χ4v) is 1.14. The third kappa shape index (κ3) is 2.10. The Morgan fingerprint density at radius 1 is 1.50 bits per heavy atom. The average Bonchev–Trinajstić information content (AvgIpc) is 2.98. The molecule has 14 heavy (non-hydrogen) atoms. The van der Waals surface area contributed by atoms with E-state index < -0.39 is 5.91 Å². The molecule has 0 unspecified atom stereocenters. The molecule has 0 spiro atoms. The zero-order valence-electron chi connectivity index (χ0n) is 7.60. The van der Waals surface area contributed by atoms with Crippen molar-refractivity contribution in [2.45, 2.75) is 12.5 Å². The summed E-state index contributed by atoms with van der Waals surface area (Å²) in [4.78, 5) is 10.2. The van der Waals surface area contributed by atoms with E-state index in [1.807, 2.05) is 30.3 Å². The van der Waals surface area contributed by atoms with Crippen molar-refractivity contribution >= 4 is 6.41 Å². The van der Waals surface area contributed by atoms with Crippen molar-refractivity contribution in [3.05, 3.63) is 35.9 Å². The van der Waals surface area contributed by atoms with Gasteiger partial charge in [0, 0.05) is 0 Å². The molecule has 2 rings (SSSR count). The predicted molar refractivity (Wildman–Crippen MR) is 49.1 cm³/mol. The van der Waals surface area contributed by atoms with Gasteiger partial charge in [0.25, 0.3) is 5.91 Å². The quantitative estimate of drug-likeness (QED) is 0.424. The zero-order chi connectivity index (χ0) is 9.86. The fraction of sp³-hybridized carbons (Fsp3) is 0.300. The van der Waals surface area contributed by atoms with Crippen molar-refractivity contribution in [3.8, 4) is 0 Å². The first-order valence-electron chi connectivity index (χ1n) is 4.38. The van der Waals surface area contributed by atoms with Crippen LogP contribution in [0.25, 0.3) is 0 Å². The van der Waals surface area contributed by atoms with Gasteiger partial charge >= 0.3 is 0 Å². The standard InChI is InChI=1S/C10H11NO3/c12-8-11-10(7-14-10)13-6-9-4-2-1-3-5-9/h1-5,8H,6-7H2,(H,11,12)/t10-/m0/s1. The van der Waals surface area contributed by atoms with Crippen LogP contribution in [0.1, 0.15) is 5.56 Å². The van der Waals surface area contributed by atoms with E-state index in [1.165, 1.54) is 0 Å². The summed E-state index contributed by atoms with van der Waals surface area (Å²) in [5.41, 5.74) is 1.05. The van der Waals surface area contributed by atoms with E-state index in [2.05, 4.69) is 5.32 Å². The average molecular weight is 193 g/mol. The van der Waals surface area contributed by atoms with Crippen LogP contribution < -0.4 is 5.32 Å². The summed E-state index contributed by atoms with van der Waals surface area (Å²) in [6.07, 6.45) is 0.581. The van der Waals surface area contributed by atoms with Crippen LogP contribution in [-0.2, 0) is 20.9 Å². The maximum Gasteiger partial charge on any atom is 0.276 e. The van der Waals surface area contributed by atoms with E-state index in [0.29, 0.717) is 19.6 Å². The van der Waals surface area contributed by atoms with E-state index in [9.17, 15) is 4.79 Å². The topological polar surface area (TPSA) is 50.9 Å². The highest BCUT2D eigenvalue weighted by molar-refractivity contribution is 5.47. The van der Waals surface area contributed by atoms with Gasteiger partial charge in [0.2, 0.25) is 6.41 Å². The van der Waals surface area contributed by atoms with E-state index >= 15 is 0 Å². The maximum absolute atomic E-state index is 10.2. The minimum atomic E-state index is -0.864. The summed E-state index contributed by atoms with van der Waals surface area (Å²) in [6.45, 7) is 0.847. The van der Waals surface area contributed by atoms with Gasteiger partial charge in [0.1, 0.15) is 6.61 Å². The molecule has 0 radical (unpaired) electrons. The Hall–Kier alpha value is -1.39. The monoisotopic (exact) mass is 193 g/mol. The van der Waals surface area contributed by atoms with Gasteiger partial charge in [-0.1, -0.05) is 30.3 Å². The number of carbonyl (C=O) groups is 1. The van der Waals surface area contributed by atoms with Crippen LogP contribution in [0, 0.1) is 0 Å². The Morgan fingerprint density at radius 2 is 2.21 bits per heavy atom. The van der Waals surface area contributed by atoms with Crippen LogP contribution in [0.15, 0.2) is 30.3 Å². The van der Waals surface area contributed by atoms with Crippen LogP contribution in [0.3, 0.4) is 0 Å². The van der Waals surface area contributed by atoms with E-state index in [-0.39, 0.29) is 0 Å². The molecule has 1 saturated heterocycles. The second-order valence-corrected chi connectivity index (χ2v) is 3.08. The van der Waals surface area contributed by atoms with E-state index in [1.54, 1.807) is 0 Å². The van der Waals surface area contributed by atoms with Gasteiger partial charge in [-0.2, -0.15) is 0 Å². The molecule has 0 bridgehead atoms. The molecule has 1 N–H and O–H groups in total. The summed E-state index contributed by atoms with van der Waals surface area (Å²) in [5.74, 6) is -0.864. The molecule has 74 valence electrons. The lowest BCUT2D eigenvalue weighted by atomic mass is 10.2. The minimum absolute atomic E-state index is 0.415. The second-order valence-electron chi connectivity index (χ2n) is 3.08. The summed E-state index contributed by atoms with van der Waals surface area (Å²) in [7, 11) is 0. The van der Waals surface area contributed by atoms with Crippen LogP contribution in [0.2, 0.25) is 0 Å². The number of epoxide rings is 1. The van der Waals surface area contributed by atoms with Crippen LogP contribution in [-0.4, -0.2) is 18.9 Å². The van der Waals surface area contributed by atoms with Gasteiger partial charge < -0.3 is 14.8 Å². The van der Waals surface area contributed by atoms with Crippen molar-refractivity contribution < 1.29 is 14.3 Å². The summed E-state index contributed by atoms with van der Waals surface area (Å²) >= 11 is 0. The molecule has 1 aromatic carbocycles. The van der Waals surface area contributed by atoms with E-state index in [4.69, 9.17) is 9.47 Å². The summed E-state index contributed by atoms with van der Waals surface area (Å²) in [5, 5.41) is 2.48. The Bertz CT molecular complexity index is 308. The number of carbonyl (C=O) groups excluding carboxylic acids is 1. The van der Waals surface area contributed by atoms with Crippen molar-refractivity contribution in [2.75, 3.05) is 6.61 Å². The molecule has 1 aromatic rings. The fourth-order valence-electron chi connectivity index (χ4n) is 1.14. The summed E-state index contributed by atoms with van der Waals surface area (Å²) in [6, 6.07) is 9.73. The molecule has 1 heterocycles. The third-order valence-corrected chi connectivity index (χ3v) is 2.00. The van der Waals surface area contributed by atoms with Crippen molar-refractivity contribution in [1.82, 2.24) is 5.32 Å². The Labute approximate surface area is 81.8 Å². The molecule has 0 saturated carbocycles. The van der Waals surface area contributed by atoms with Crippen LogP contribution >= 0.6 is 0 Å². The smallest absolute Gasteiger partial charge is 0.276 e. The van der Waals surface area contributed by atoms with Gasteiger partial charge in [-0.15, -0.1) is 0 Å². The maximum atomic E-state index is 10.2. The number of amides is 1. The van der Waals surface area contributed by atoms with Crippen molar-refractivity contribution in [1.29, 1.82) is 0 Å². The largest absolute Gasteiger partial charge is 0.326 e. The molecular weight excluding hydrogens is 182 g/mol. The number of nitrogens with one attached hydrogen (secondary N) is 1. The molecule has 1 amide bonds. The Balaban J connectivity index is 1.86. The van der Waals surface area contributed by atoms with Gasteiger partial charge in [-0.25, -0.2) is 0 Å². The minimum Gasteiger partial charge on any atom is -0.326 e. The van der Waals surface area contributed by atoms with Crippen LogP contribution in [0.4, 0.5) is 0 Å². The first kappa shape index (κ1) is 9.18. The molecule has 1 aliphatic rings. The first-order chi connectivity index (χ1) is 6.85. The molecule has 4 nitrogen and oxygen atoms in total. The molecular formula is C10H11NO3. The Morgan fingerprint density at radius 3 is 2.79 bits per heavy atom. The highest BCUT2D eigenvalue weighted by Crippen LogP contribution is 2.25. The predicted octanol–water partition coefficient (Wildman–Crippen LogP) is 0.633. The molecule has 1 atom stereocenters. The number of ether oxygens (including phenoxy) is 2. The molecule has 4 heteroatoms. The highest BCUT2D eigenvalue weighted by Gasteiger charge is 2.46.